The smallest absolute Gasteiger partial charge is 0.220 e. The fourth-order valence-corrected chi connectivity index (χ4v) is 2.29. The maximum atomic E-state index is 11.4. The zero-order valence-corrected chi connectivity index (χ0v) is 16.8. The zero-order chi connectivity index (χ0) is 19.3. The Morgan fingerprint density at radius 1 is 0.846 bits per heavy atom. The highest BCUT2D eigenvalue weighted by Crippen LogP contribution is 2.01. The van der Waals surface area contributed by atoms with Gasteiger partial charge in [0.1, 0.15) is 0 Å². The highest BCUT2D eigenvalue weighted by molar-refractivity contribution is 5.75. The lowest BCUT2D eigenvalue weighted by Crippen LogP contribution is -2.30. The van der Waals surface area contributed by atoms with Crippen molar-refractivity contribution in [3.8, 4) is 0 Å². The minimum Gasteiger partial charge on any atom is -0.392 e. The number of hydrogen-bond donors (Lipinski definition) is 2. The average Bonchev–Trinajstić information content (AvgIpc) is 2.62. The van der Waals surface area contributed by atoms with Gasteiger partial charge in [-0.15, -0.1) is 0 Å². The van der Waals surface area contributed by atoms with E-state index in [-0.39, 0.29) is 5.91 Å². The van der Waals surface area contributed by atoms with Crippen molar-refractivity contribution in [3.05, 3.63) is 48.6 Å². The van der Waals surface area contributed by atoms with Gasteiger partial charge in [0.05, 0.1) is 6.10 Å². The van der Waals surface area contributed by atoms with Gasteiger partial charge in [-0.1, -0.05) is 68.4 Å². The van der Waals surface area contributed by atoms with E-state index in [0.717, 1.165) is 32.1 Å². The number of allylic oxidation sites excluding steroid dienone is 8. The summed E-state index contributed by atoms with van der Waals surface area (Å²) in [5.41, 5.74) is 0. The van der Waals surface area contributed by atoms with Gasteiger partial charge in [-0.05, 0) is 51.9 Å². The molecule has 0 aromatic heterocycles. The van der Waals surface area contributed by atoms with Crippen molar-refractivity contribution in [2.45, 2.75) is 84.2 Å². The molecule has 0 rings (SSSR count). The molecule has 3 nitrogen and oxygen atoms in total. The monoisotopic (exact) mass is 361 g/mol. The van der Waals surface area contributed by atoms with Gasteiger partial charge in [0.15, 0.2) is 0 Å². The SMILES string of the molecule is CCCCC/C=C\C/C=C\C/C=C/C/C=C\CCCC(=O)NC[C@@H](C)O. The molecule has 2 N–H and O–H groups in total. The second-order valence-electron chi connectivity index (χ2n) is 6.63. The third-order valence-corrected chi connectivity index (χ3v) is 3.83. The summed E-state index contributed by atoms with van der Waals surface area (Å²) in [5.74, 6) is 0.0155. The molecule has 0 saturated heterocycles. The number of carbonyl (C=O) groups excluding carboxylic acids is 1. The van der Waals surface area contributed by atoms with Crippen molar-refractivity contribution in [1.29, 1.82) is 0 Å². The summed E-state index contributed by atoms with van der Waals surface area (Å²) in [6.45, 7) is 4.24. The van der Waals surface area contributed by atoms with Gasteiger partial charge >= 0.3 is 0 Å². The van der Waals surface area contributed by atoms with E-state index >= 15 is 0 Å². The van der Waals surface area contributed by atoms with Gasteiger partial charge in [0.25, 0.3) is 0 Å². The van der Waals surface area contributed by atoms with Gasteiger partial charge in [-0.3, -0.25) is 4.79 Å². The molecule has 0 spiro atoms. The lowest BCUT2D eigenvalue weighted by atomic mass is 10.2. The third-order valence-electron chi connectivity index (χ3n) is 3.83. The predicted octanol–water partition coefficient (Wildman–Crippen LogP) is 5.63. The Labute approximate surface area is 161 Å². The molecule has 0 fully saturated rings. The first kappa shape index (κ1) is 24.4. The molecule has 1 amide bonds. The van der Waals surface area contributed by atoms with E-state index in [2.05, 4.69) is 60.8 Å². The fourth-order valence-electron chi connectivity index (χ4n) is 2.29. The average molecular weight is 362 g/mol. The molecule has 26 heavy (non-hydrogen) atoms. The number of aliphatic hydroxyl groups is 1. The van der Waals surface area contributed by atoms with Crippen molar-refractivity contribution in [2.24, 2.45) is 0 Å². The fraction of sp³-hybridized carbons (Fsp3) is 0.609. The van der Waals surface area contributed by atoms with Crippen molar-refractivity contribution in [3.63, 3.8) is 0 Å². The summed E-state index contributed by atoms with van der Waals surface area (Å²) < 4.78 is 0. The molecule has 0 radical (unpaired) electrons. The molecular formula is C23H39NO2. The summed E-state index contributed by atoms with van der Waals surface area (Å²) in [6.07, 6.45) is 27.5. The summed E-state index contributed by atoms with van der Waals surface area (Å²) in [6, 6.07) is 0. The molecule has 1 atom stereocenters. The van der Waals surface area contributed by atoms with Crippen molar-refractivity contribution >= 4 is 5.91 Å². The van der Waals surface area contributed by atoms with Crippen LogP contribution >= 0.6 is 0 Å². The number of nitrogens with one attached hydrogen (secondary N) is 1. The molecule has 0 aromatic rings. The Bertz CT molecular complexity index is 433. The van der Waals surface area contributed by atoms with E-state index in [1.807, 2.05) is 0 Å². The number of hydrogen-bond acceptors (Lipinski definition) is 2. The molecule has 0 unspecified atom stereocenters. The number of amides is 1. The van der Waals surface area contributed by atoms with E-state index in [0.29, 0.717) is 13.0 Å². The summed E-state index contributed by atoms with van der Waals surface area (Å²) in [7, 11) is 0. The number of aliphatic hydroxyl groups excluding tert-OH is 1. The first-order valence-corrected chi connectivity index (χ1v) is 10.2. The minimum absolute atomic E-state index is 0.0155. The number of rotatable bonds is 16. The van der Waals surface area contributed by atoms with Crippen molar-refractivity contribution in [2.75, 3.05) is 6.54 Å². The molecule has 0 bridgehead atoms. The van der Waals surface area contributed by atoms with Gasteiger partial charge in [-0.25, -0.2) is 0 Å². The molecule has 0 saturated carbocycles. The zero-order valence-electron chi connectivity index (χ0n) is 16.8. The van der Waals surface area contributed by atoms with E-state index in [1.165, 1.54) is 25.7 Å². The van der Waals surface area contributed by atoms with Gasteiger partial charge < -0.3 is 10.4 Å². The van der Waals surface area contributed by atoms with E-state index in [1.54, 1.807) is 6.92 Å². The third kappa shape index (κ3) is 20.4. The Balaban J connectivity index is 3.47. The molecule has 148 valence electrons. The lowest BCUT2D eigenvalue weighted by molar-refractivity contribution is -0.121. The minimum atomic E-state index is -0.479. The Hall–Kier alpha value is -1.61. The Morgan fingerprint density at radius 2 is 1.35 bits per heavy atom. The van der Waals surface area contributed by atoms with Crippen LogP contribution in [0.5, 0.6) is 0 Å². The molecule has 3 heteroatoms. The van der Waals surface area contributed by atoms with Crippen LogP contribution in [0.3, 0.4) is 0 Å². The molecule has 0 aromatic carbocycles. The lowest BCUT2D eigenvalue weighted by Gasteiger charge is -2.05. The van der Waals surface area contributed by atoms with E-state index < -0.39 is 6.10 Å². The maximum Gasteiger partial charge on any atom is 0.220 e. The molecule has 0 aliphatic rings. The Morgan fingerprint density at radius 3 is 1.85 bits per heavy atom. The summed E-state index contributed by atoms with van der Waals surface area (Å²) >= 11 is 0. The van der Waals surface area contributed by atoms with Crippen LogP contribution in [0.4, 0.5) is 0 Å². The standard InChI is InChI=1S/C23H39NO2/c1-3-4-5-6-7-8-9-10-11-12-13-14-15-16-17-18-19-20-23(26)24-21-22(2)25/h7-8,10-11,13-14,16-17,22,25H,3-6,9,12,15,18-21H2,1-2H3,(H,24,26)/b8-7-,11-10-,14-13+,17-16-/t22-/m1/s1. The highest BCUT2D eigenvalue weighted by atomic mass is 16.3. The van der Waals surface area contributed by atoms with Crippen LogP contribution in [0.2, 0.25) is 0 Å². The number of carbonyl (C=O) groups is 1. The first-order chi connectivity index (χ1) is 12.7. The van der Waals surface area contributed by atoms with Gasteiger partial charge in [0.2, 0.25) is 5.91 Å². The van der Waals surface area contributed by atoms with Gasteiger partial charge in [0, 0.05) is 13.0 Å². The quantitative estimate of drug-likeness (QED) is 0.276. The van der Waals surface area contributed by atoms with Crippen LogP contribution in [0.25, 0.3) is 0 Å². The van der Waals surface area contributed by atoms with Crippen LogP contribution in [0.1, 0.15) is 78.1 Å². The number of unbranched alkanes of at least 4 members (excludes halogenated alkanes) is 4. The largest absolute Gasteiger partial charge is 0.392 e. The second-order valence-corrected chi connectivity index (χ2v) is 6.63. The van der Waals surface area contributed by atoms with Crippen LogP contribution in [0, 0.1) is 0 Å². The first-order valence-electron chi connectivity index (χ1n) is 10.2. The Kier molecular flexibility index (Phi) is 18.5. The van der Waals surface area contributed by atoms with Crippen LogP contribution < -0.4 is 5.32 Å². The molecule has 0 aliphatic carbocycles. The molecule has 0 heterocycles. The normalized spacial score (nSPS) is 13.5. The highest BCUT2D eigenvalue weighted by Gasteiger charge is 2.01. The van der Waals surface area contributed by atoms with Crippen molar-refractivity contribution in [1.82, 2.24) is 5.32 Å². The summed E-state index contributed by atoms with van der Waals surface area (Å²) in [4.78, 5) is 11.4. The molecular weight excluding hydrogens is 322 g/mol. The predicted molar refractivity (Wildman–Crippen MR) is 113 cm³/mol. The second kappa shape index (κ2) is 19.7. The summed E-state index contributed by atoms with van der Waals surface area (Å²) in [5, 5.41) is 11.8. The van der Waals surface area contributed by atoms with Crippen molar-refractivity contribution < 1.29 is 9.90 Å². The topological polar surface area (TPSA) is 49.3 Å². The van der Waals surface area contributed by atoms with Crippen LogP contribution in [0.15, 0.2) is 48.6 Å². The van der Waals surface area contributed by atoms with Gasteiger partial charge in [-0.2, -0.15) is 0 Å². The molecule has 0 aliphatic heterocycles. The van der Waals surface area contributed by atoms with Crippen LogP contribution in [-0.4, -0.2) is 23.7 Å². The maximum absolute atomic E-state index is 11.4. The van der Waals surface area contributed by atoms with E-state index in [4.69, 9.17) is 5.11 Å². The van der Waals surface area contributed by atoms with Crippen LogP contribution in [-0.2, 0) is 4.79 Å². The van der Waals surface area contributed by atoms with E-state index in [9.17, 15) is 4.79 Å².